The largest absolute Gasteiger partial charge is 0.385 e. The molecule has 0 aromatic rings. The van der Waals surface area contributed by atoms with E-state index in [-0.39, 0.29) is 0 Å². The first-order valence-electron chi connectivity index (χ1n) is 7.34. The van der Waals surface area contributed by atoms with Gasteiger partial charge in [0.25, 0.3) is 0 Å². The molecule has 0 aromatic carbocycles. The third-order valence-electron chi connectivity index (χ3n) is 4.03. The molecule has 2 saturated heterocycles. The molecule has 0 saturated carbocycles. The molecule has 110 valence electrons. The maximum Gasteiger partial charge on any atom is 0.208 e. The molecule has 1 unspecified atom stereocenters. The van der Waals surface area contributed by atoms with Crippen molar-refractivity contribution in [3.05, 3.63) is 0 Å². The fraction of sp³-hybridized carbons (Fsp3) is 0.923. The quantitative estimate of drug-likeness (QED) is 0.247. The van der Waals surface area contributed by atoms with Crippen LogP contribution in [0.4, 0.5) is 0 Å². The summed E-state index contributed by atoms with van der Waals surface area (Å²) in [5.74, 6) is 6.45. The van der Waals surface area contributed by atoms with Gasteiger partial charge in [0.1, 0.15) is 0 Å². The normalized spacial score (nSPS) is 25.3. The molecule has 0 amide bonds. The average Bonchev–Trinajstić information content (AvgIpc) is 2.47. The van der Waals surface area contributed by atoms with Crippen molar-refractivity contribution in [1.82, 2.24) is 15.2 Å². The predicted molar refractivity (Wildman–Crippen MR) is 76.9 cm³/mol. The Morgan fingerprint density at radius 3 is 3.05 bits per heavy atom. The SMILES string of the molecule is COCCCN=C(NN)N1CCN2CCCCC2C1. The molecule has 2 aliphatic heterocycles. The Morgan fingerprint density at radius 2 is 2.26 bits per heavy atom. The van der Waals surface area contributed by atoms with Gasteiger partial charge in [-0.15, -0.1) is 0 Å². The zero-order valence-electron chi connectivity index (χ0n) is 12.0. The van der Waals surface area contributed by atoms with Crippen LogP contribution in [0, 0.1) is 0 Å². The number of piperidine rings is 1. The number of piperazine rings is 1. The van der Waals surface area contributed by atoms with Crippen LogP contribution in [0.1, 0.15) is 25.7 Å². The summed E-state index contributed by atoms with van der Waals surface area (Å²) in [6.07, 6.45) is 4.94. The van der Waals surface area contributed by atoms with Crippen molar-refractivity contribution in [2.45, 2.75) is 31.7 Å². The number of guanidine groups is 1. The molecule has 2 aliphatic rings. The highest BCUT2D eigenvalue weighted by Gasteiger charge is 2.29. The lowest BCUT2D eigenvalue weighted by Crippen LogP contribution is -2.59. The lowest BCUT2D eigenvalue weighted by molar-refractivity contribution is 0.0785. The van der Waals surface area contributed by atoms with Crippen LogP contribution >= 0.6 is 0 Å². The van der Waals surface area contributed by atoms with Gasteiger partial charge in [0, 0.05) is 45.9 Å². The topological polar surface area (TPSA) is 66.1 Å². The first kappa shape index (κ1) is 14.6. The van der Waals surface area contributed by atoms with Gasteiger partial charge in [-0.2, -0.15) is 0 Å². The van der Waals surface area contributed by atoms with Gasteiger partial charge >= 0.3 is 0 Å². The minimum absolute atomic E-state index is 0.681. The van der Waals surface area contributed by atoms with Crippen molar-refractivity contribution in [1.29, 1.82) is 0 Å². The van der Waals surface area contributed by atoms with Crippen LogP contribution in [0.2, 0.25) is 0 Å². The number of nitrogens with zero attached hydrogens (tertiary/aromatic N) is 3. The molecule has 0 spiro atoms. The Balaban J connectivity index is 1.84. The van der Waals surface area contributed by atoms with E-state index in [4.69, 9.17) is 10.6 Å². The number of methoxy groups -OCH3 is 1. The molecule has 3 N–H and O–H groups in total. The van der Waals surface area contributed by atoms with Gasteiger partial charge in [0.2, 0.25) is 5.96 Å². The number of fused-ring (bicyclic) bond motifs is 1. The van der Waals surface area contributed by atoms with Crippen molar-refractivity contribution in [2.24, 2.45) is 10.8 Å². The molecule has 2 heterocycles. The van der Waals surface area contributed by atoms with Gasteiger partial charge in [0.05, 0.1) is 0 Å². The van der Waals surface area contributed by atoms with E-state index in [0.717, 1.165) is 45.2 Å². The van der Waals surface area contributed by atoms with Crippen molar-refractivity contribution < 1.29 is 4.74 Å². The van der Waals surface area contributed by atoms with Crippen molar-refractivity contribution in [3.63, 3.8) is 0 Å². The summed E-state index contributed by atoms with van der Waals surface area (Å²) < 4.78 is 5.03. The number of hydrazine groups is 1. The Labute approximate surface area is 115 Å². The minimum Gasteiger partial charge on any atom is -0.385 e. The molecule has 19 heavy (non-hydrogen) atoms. The molecule has 1 atom stereocenters. The van der Waals surface area contributed by atoms with E-state index in [1.807, 2.05) is 0 Å². The number of hydrogen-bond acceptors (Lipinski definition) is 4. The summed E-state index contributed by atoms with van der Waals surface area (Å²) in [5, 5.41) is 0. The van der Waals surface area contributed by atoms with Crippen LogP contribution in [-0.2, 0) is 4.74 Å². The fourth-order valence-corrected chi connectivity index (χ4v) is 2.98. The molecule has 0 radical (unpaired) electrons. The van der Waals surface area contributed by atoms with Crippen molar-refractivity contribution >= 4 is 5.96 Å². The Bertz CT molecular complexity index is 297. The summed E-state index contributed by atoms with van der Waals surface area (Å²) in [6.45, 7) is 5.96. The van der Waals surface area contributed by atoms with Gasteiger partial charge in [-0.05, 0) is 25.8 Å². The highest BCUT2D eigenvalue weighted by Crippen LogP contribution is 2.20. The summed E-state index contributed by atoms with van der Waals surface area (Å²) in [5.41, 5.74) is 2.76. The molecule has 6 nitrogen and oxygen atoms in total. The fourth-order valence-electron chi connectivity index (χ4n) is 2.98. The third kappa shape index (κ3) is 4.06. The first-order valence-corrected chi connectivity index (χ1v) is 7.34. The highest BCUT2D eigenvalue weighted by molar-refractivity contribution is 5.79. The van der Waals surface area contributed by atoms with Crippen molar-refractivity contribution in [2.75, 3.05) is 46.4 Å². The van der Waals surface area contributed by atoms with Gasteiger partial charge in [0.15, 0.2) is 0 Å². The highest BCUT2D eigenvalue weighted by atomic mass is 16.5. The maximum absolute atomic E-state index is 5.62. The second-order valence-electron chi connectivity index (χ2n) is 5.33. The number of hydrogen-bond donors (Lipinski definition) is 2. The van der Waals surface area contributed by atoms with E-state index < -0.39 is 0 Å². The lowest BCUT2D eigenvalue weighted by atomic mass is 10.00. The van der Waals surface area contributed by atoms with Gasteiger partial charge in [-0.25, -0.2) is 5.84 Å². The zero-order chi connectivity index (χ0) is 13.5. The van der Waals surface area contributed by atoms with Crippen LogP contribution in [0.15, 0.2) is 4.99 Å². The monoisotopic (exact) mass is 269 g/mol. The van der Waals surface area contributed by atoms with E-state index >= 15 is 0 Å². The average molecular weight is 269 g/mol. The van der Waals surface area contributed by atoms with Gasteiger partial charge in [-0.1, -0.05) is 6.42 Å². The predicted octanol–water partition coefficient (Wildman–Crippen LogP) is 0.0123. The van der Waals surface area contributed by atoms with Crippen molar-refractivity contribution in [3.8, 4) is 0 Å². The van der Waals surface area contributed by atoms with Crippen LogP contribution in [0.25, 0.3) is 0 Å². The lowest BCUT2D eigenvalue weighted by Gasteiger charge is -2.44. The summed E-state index contributed by atoms with van der Waals surface area (Å²) in [6, 6.07) is 0.681. The van der Waals surface area contributed by atoms with E-state index in [0.29, 0.717) is 6.04 Å². The number of nitrogens with one attached hydrogen (secondary N) is 1. The van der Waals surface area contributed by atoms with Crippen LogP contribution in [0.5, 0.6) is 0 Å². The molecule has 6 heteroatoms. The second kappa shape index (κ2) is 7.67. The van der Waals surface area contributed by atoms with Crippen LogP contribution < -0.4 is 11.3 Å². The maximum atomic E-state index is 5.62. The number of ether oxygens (including phenoxy) is 1. The van der Waals surface area contributed by atoms with Gasteiger partial charge < -0.3 is 9.64 Å². The first-order chi connectivity index (χ1) is 9.35. The minimum atomic E-state index is 0.681. The van der Waals surface area contributed by atoms with Crippen LogP contribution in [0.3, 0.4) is 0 Å². The molecular weight excluding hydrogens is 242 g/mol. The van der Waals surface area contributed by atoms with E-state index in [9.17, 15) is 0 Å². The third-order valence-corrected chi connectivity index (χ3v) is 4.03. The van der Waals surface area contributed by atoms with E-state index in [1.165, 1.54) is 25.8 Å². The molecule has 0 bridgehead atoms. The number of rotatable bonds is 4. The molecule has 0 aromatic heterocycles. The zero-order valence-corrected chi connectivity index (χ0v) is 12.0. The number of aliphatic imine (C=N–C) groups is 1. The molecule has 2 fully saturated rings. The summed E-state index contributed by atoms with van der Waals surface area (Å²) in [7, 11) is 1.72. The van der Waals surface area contributed by atoms with E-state index in [2.05, 4.69) is 20.2 Å². The van der Waals surface area contributed by atoms with Gasteiger partial charge in [-0.3, -0.25) is 15.3 Å². The Hall–Kier alpha value is -0.850. The standard InChI is InChI=1S/C13H27N5O/c1-19-10-4-6-15-13(16-14)18-9-8-17-7-3-2-5-12(17)11-18/h12H,2-11,14H2,1H3,(H,15,16). The Morgan fingerprint density at radius 1 is 1.37 bits per heavy atom. The second-order valence-corrected chi connectivity index (χ2v) is 5.33. The number of nitrogens with two attached hydrogens (primary N) is 1. The molecule has 0 aliphatic carbocycles. The van der Waals surface area contributed by atoms with E-state index in [1.54, 1.807) is 7.11 Å². The smallest absolute Gasteiger partial charge is 0.208 e. The molecule has 2 rings (SSSR count). The van der Waals surface area contributed by atoms with Crippen LogP contribution in [-0.4, -0.2) is 68.2 Å². The molecular formula is C13H27N5O. The summed E-state index contributed by atoms with van der Waals surface area (Å²) in [4.78, 5) is 9.45. The Kier molecular flexibility index (Phi) is 5.88. The summed E-state index contributed by atoms with van der Waals surface area (Å²) >= 11 is 0.